The minimum Gasteiger partial charge on any atom is -0.380 e. The molecule has 0 amide bonds. The minimum absolute atomic E-state index is 0.232. The fraction of sp³-hybridized carbons (Fsp3) is 0.368. The highest BCUT2D eigenvalue weighted by Crippen LogP contribution is 2.51. The Hall–Kier alpha value is -1.57. The predicted octanol–water partition coefficient (Wildman–Crippen LogP) is 4.89. The maximum Gasteiger partial charge on any atom is 0.416 e. The number of nitrogens with zero attached hydrogens (tertiary/aromatic N) is 1. The molecule has 0 aromatic heterocycles. The molecule has 140 valence electrons. The van der Waals surface area contributed by atoms with Gasteiger partial charge in [-0.3, -0.25) is 0 Å². The molecule has 2 nitrogen and oxygen atoms in total. The molecule has 0 saturated heterocycles. The smallest absolute Gasteiger partial charge is 0.380 e. The molecule has 1 heterocycles. The molecule has 2 aromatic rings. The third kappa shape index (κ3) is 3.61. The SMILES string of the molecule is CN(C)CCCC1(O)c2ccc(F)cc2Sc2ccc(C(F)(F)F)cc21. The number of aliphatic hydroxyl groups is 1. The Morgan fingerprint density at radius 2 is 1.77 bits per heavy atom. The molecule has 3 rings (SSSR count). The van der Waals surface area contributed by atoms with Gasteiger partial charge in [0.25, 0.3) is 0 Å². The maximum atomic E-state index is 13.7. The standard InChI is InChI=1S/C19H19F4NOS/c1-24(2)9-3-8-18(25)14-6-5-13(20)11-17(14)26-16-7-4-12(10-15(16)18)19(21,22)23/h4-7,10-11,25H,3,8-9H2,1-2H3. The van der Waals surface area contributed by atoms with Crippen molar-refractivity contribution in [2.24, 2.45) is 0 Å². The molecule has 0 fully saturated rings. The largest absolute Gasteiger partial charge is 0.416 e. The van der Waals surface area contributed by atoms with Gasteiger partial charge in [0.1, 0.15) is 11.4 Å². The summed E-state index contributed by atoms with van der Waals surface area (Å²) in [6.07, 6.45) is -3.66. The summed E-state index contributed by atoms with van der Waals surface area (Å²) in [5, 5.41) is 11.4. The molecule has 1 atom stereocenters. The third-order valence-corrected chi connectivity index (χ3v) is 5.64. The van der Waals surface area contributed by atoms with Crippen LogP contribution >= 0.6 is 11.8 Å². The van der Waals surface area contributed by atoms with Gasteiger partial charge in [0.15, 0.2) is 0 Å². The van der Waals surface area contributed by atoms with E-state index in [1.807, 2.05) is 19.0 Å². The van der Waals surface area contributed by atoms with Crippen molar-refractivity contribution in [3.05, 3.63) is 58.9 Å². The number of rotatable bonds is 4. The van der Waals surface area contributed by atoms with Crippen LogP contribution in [0.15, 0.2) is 46.2 Å². The molecule has 0 aliphatic carbocycles. The number of hydrogen-bond acceptors (Lipinski definition) is 3. The van der Waals surface area contributed by atoms with E-state index in [0.29, 0.717) is 28.3 Å². The fourth-order valence-electron chi connectivity index (χ4n) is 3.22. The van der Waals surface area contributed by atoms with Crippen molar-refractivity contribution in [2.75, 3.05) is 20.6 Å². The van der Waals surface area contributed by atoms with Crippen molar-refractivity contribution in [2.45, 2.75) is 34.4 Å². The van der Waals surface area contributed by atoms with Crippen molar-refractivity contribution in [1.82, 2.24) is 4.90 Å². The molecule has 0 bridgehead atoms. The Balaban J connectivity index is 2.11. The summed E-state index contributed by atoms with van der Waals surface area (Å²) < 4.78 is 53.2. The molecular weight excluding hydrogens is 366 g/mol. The van der Waals surface area contributed by atoms with Crippen LogP contribution in [0.4, 0.5) is 17.6 Å². The van der Waals surface area contributed by atoms with E-state index in [-0.39, 0.29) is 12.0 Å². The van der Waals surface area contributed by atoms with Gasteiger partial charge in [-0.05, 0) is 63.8 Å². The van der Waals surface area contributed by atoms with Gasteiger partial charge in [-0.2, -0.15) is 13.2 Å². The first-order valence-electron chi connectivity index (χ1n) is 8.18. The van der Waals surface area contributed by atoms with Crippen molar-refractivity contribution in [1.29, 1.82) is 0 Å². The van der Waals surface area contributed by atoms with E-state index in [2.05, 4.69) is 0 Å². The lowest BCUT2D eigenvalue weighted by atomic mass is 9.81. The van der Waals surface area contributed by atoms with Gasteiger partial charge in [0.2, 0.25) is 0 Å². The summed E-state index contributed by atoms with van der Waals surface area (Å²) >= 11 is 1.18. The van der Waals surface area contributed by atoms with Crippen molar-refractivity contribution >= 4 is 11.8 Å². The summed E-state index contributed by atoms with van der Waals surface area (Å²) in [7, 11) is 3.78. The van der Waals surface area contributed by atoms with E-state index in [1.54, 1.807) is 0 Å². The summed E-state index contributed by atoms with van der Waals surface area (Å²) in [6.45, 7) is 0.681. The molecule has 0 radical (unpaired) electrons. The van der Waals surface area contributed by atoms with Crippen molar-refractivity contribution < 1.29 is 22.7 Å². The molecule has 1 unspecified atom stereocenters. The Labute approximate surface area is 153 Å². The highest BCUT2D eigenvalue weighted by atomic mass is 32.2. The summed E-state index contributed by atoms with van der Waals surface area (Å²) in [6, 6.07) is 7.39. The van der Waals surface area contributed by atoms with E-state index in [1.165, 1.54) is 36.0 Å². The first-order valence-corrected chi connectivity index (χ1v) is 8.99. The average Bonchev–Trinajstić information content (AvgIpc) is 2.53. The van der Waals surface area contributed by atoms with Crippen LogP contribution in [-0.2, 0) is 11.8 Å². The molecule has 2 aromatic carbocycles. The first-order chi connectivity index (χ1) is 12.1. The molecule has 0 saturated carbocycles. The van der Waals surface area contributed by atoms with Gasteiger partial charge < -0.3 is 10.0 Å². The summed E-state index contributed by atoms with van der Waals surface area (Å²) in [4.78, 5) is 2.99. The van der Waals surface area contributed by atoms with E-state index in [0.717, 1.165) is 12.1 Å². The van der Waals surface area contributed by atoms with E-state index >= 15 is 0 Å². The van der Waals surface area contributed by atoms with Crippen molar-refractivity contribution in [3.63, 3.8) is 0 Å². The summed E-state index contributed by atoms with van der Waals surface area (Å²) in [5.74, 6) is -0.442. The van der Waals surface area contributed by atoms with Gasteiger partial charge in [0, 0.05) is 20.9 Å². The predicted molar refractivity (Wildman–Crippen MR) is 92.8 cm³/mol. The molecule has 0 spiro atoms. The second-order valence-corrected chi connectivity index (χ2v) is 7.80. The van der Waals surface area contributed by atoms with Gasteiger partial charge in [-0.15, -0.1) is 0 Å². The number of fused-ring (bicyclic) bond motifs is 2. The fourth-order valence-corrected chi connectivity index (χ4v) is 4.45. The van der Waals surface area contributed by atoms with Crippen LogP contribution in [0.5, 0.6) is 0 Å². The van der Waals surface area contributed by atoms with Gasteiger partial charge in [-0.1, -0.05) is 17.8 Å². The van der Waals surface area contributed by atoms with Crippen LogP contribution < -0.4 is 0 Å². The zero-order valence-corrected chi connectivity index (χ0v) is 15.2. The number of halogens is 4. The maximum absolute atomic E-state index is 13.7. The molecule has 1 aliphatic rings. The molecule has 1 N–H and O–H groups in total. The average molecular weight is 385 g/mol. The number of hydrogen-bond donors (Lipinski definition) is 1. The van der Waals surface area contributed by atoms with E-state index in [9.17, 15) is 22.7 Å². The van der Waals surface area contributed by atoms with E-state index < -0.39 is 23.2 Å². The van der Waals surface area contributed by atoms with Gasteiger partial charge >= 0.3 is 6.18 Å². The first kappa shape index (κ1) is 19.2. The number of benzene rings is 2. The molecular formula is C19H19F4NOS. The quantitative estimate of drug-likeness (QED) is 0.759. The van der Waals surface area contributed by atoms with Crippen LogP contribution in [0.25, 0.3) is 0 Å². The normalized spacial score (nSPS) is 19.4. The van der Waals surface area contributed by atoms with Crippen LogP contribution in [0.3, 0.4) is 0 Å². The lowest BCUT2D eigenvalue weighted by Gasteiger charge is -2.37. The molecule has 1 aliphatic heterocycles. The van der Waals surface area contributed by atoms with Crippen LogP contribution in [0.1, 0.15) is 29.5 Å². The van der Waals surface area contributed by atoms with Gasteiger partial charge in [-0.25, -0.2) is 4.39 Å². The second-order valence-electron chi connectivity index (χ2n) is 6.72. The monoisotopic (exact) mass is 385 g/mol. The summed E-state index contributed by atoms with van der Waals surface area (Å²) in [5.41, 5.74) is -1.70. The number of alkyl halides is 3. The van der Waals surface area contributed by atoms with E-state index in [4.69, 9.17) is 0 Å². The highest BCUT2D eigenvalue weighted by molar-refractivity contribution is 7.99. The zero-order valence-electron chi connectivity index (χ0n) is 14.4. The highest BCUT2D eigenvalue weighted by Gasteiger charge is 2.41. The molecule has 26 heavy (non-hydrogen) atoms. The second kappa shape index (κ2) is 6.87. The lowest BCUT2D eigenvalue weighted by molar-refractivity contribution is -0.137. The Kier molecular flexibility index (Phi) is 5.07. The van der Waals surface area contributed by atoms with Crippen LogP contribution in [-0.4, -0.2) is 30.6 Å². The minimum atomic E-state index is -4.49. The van der Waals surface area contributed by atoms with Gasteiger partial charge in [0.05, 0.1) is 5.56 Å². The van der Waals surface area contributed by atoms with Crippen LogP contribution in [0.2, 0.25) is 0 Å². The van der Waals surface area contributed by atoms with Crippen molar-refractivity contribution in [3.8, 4) is 0 Å². The van der Waals surface area contributed by atoms with Crippen LogP contribution in [0, 0.1) is 5.82 Å². The Morgan fingerprint density at radius 3 is 2.42 bits per heavy atom. The molecule has 7 heteroatoms. The zero-order chi connectivity index (χ0) is 19.1. The Bertz CT molecular complexity index is 822. The lowest BCUT2D eigenvalue weighted by Crippen LogP contribution is -2.32. The third-order valence-electron chi connectivity index (χ3n) is 4.51. The Morgan fingerprint density at radius 1 is 1.04 bits per heavy atom. The topological polar surface area (TPSA) is 23.5 Å².